The van der Waals surface area contributed by atoms with Crippen molar-refractivity contribution in [2.75, 3.05) is 6.54 Å². The summed E-state index contributed by atoms with van der Waals surface area (Å²) in [5.74, 6) is -1.52. The molecule has 0 bridgehead atoms. The number of carbonyl (C=O) groups excluding carboxylic acids is 1. The van der Waals surface area contributed by atoms with Crippen LogP contribution in [0.4, 0.5) is 0 Å². The fraction of sp³-hybridized carbons (Fsp3) is 0.267. The summed E-state index contributed by atoms with van der Waals surface area (Å²) >= 11 is 1.64. The molecule has 0 fully saturated rings. The molecular formula is C15H16N2O3S. The summed E-state index contributed by atoms with van der Waals surface area (Å²) in [6, 6.07) is 8.37. The van der Waals surface area contributed by atoms with Crippen LogP contribution in [0, 0.1) is 0 Å². The molecule has 2 N–H and O–H groups in total. The minimum absolute atomic E-state index is 0.108. The minimum atomic E-state index is -1.15. The average molecular weight is 304 g/mol. The number of amides is 1. The molecule has 0 saturated carbocycles. The van der Waals surface area contributed by atoms with Gasteiger partial charge in [0, 0.05) is 16.8 Å². The van der Waals surface area contributed by atoms with Crippen molar-refractivity contribution < 1.29 is 14.7 Å². The first-order valence-electron chi connectivity index (χ1n) is 6.43. The van der Waals surface area contributed by atoms with E-state index >= 15 is 0 Å². The van der Waals surface area contributed by atoms with Crippen LogP contribution in [-0.2, 0) is 5.41 Å². The average Bonchev–Trinajstić information content (AvgIpc) is 3.00. The van der Waals surface area contributed by atoms with Gasteiger partial charge in [-0.1, -0.05) is 26.0 Å². The lowest BCUT2D eigenvalue weighted by atomic mass is 9.91. The van der Waals surface area contributed by atoms with Crippen LogP contribution in [0.15, 0.2) is 35.7 Å². The van der Waals surface area contributed by atoms with Crippen molar-refractivity contribution in [2.24, 2.45) is 0 Å². The Morgan fingerprint density at radius 3 is 2.57 bits per heavy atom. The molecule has 2 rings (SSSR count). The van der Waals surface area contributed by atoms with Crippen LogP contribution in [0.1, 0.15) is 39.7 Å². The normalized spacial score (nSPS) is 11.1. The Morgan fingerprint density at radius 1 is 1.24 bits per heavy atom. The lowest BCUT2D eigenvalue weighted by molar-refractivity contribution is 0.0690. The van der Waals surface area contributed by atoms with E-state index < -0.39 is 5.97 Å². The standard InChI is InChI=1S/C15H16N2O3S/c1-15(2,12-7-4-8-21-12)9-16-13(18)10-5-3-6-11(17-10)14(19)20/h3-8H,9H2,1-2H3,(H,16,18)(H,19,20). The number of thiophene rings is 1. The van der Waals surface area contributed by atoms with Gasteiger partial charge >= 0.3 is 5.97 Å². The topological polar surface area (TPSA) is 79.3 Å². The molecule has 0 unspecified atom stereocenters. The molecule has 1 amide bonds. The molecule has 5 nitrogen and oxygen atoms in total. The number of hydrogen-bond acceptors (Lipinski definition) is 4. The molecule has 6 heteroatoms. The zero-order valence-electron chi connectivity index (χ0n) is 11.8. The smallest absolute Gasteiger partial charge is 0.354 e. The molecule has 21 heavy (non-hydrogen) atoms. The summed E-state index contributed by atoms with van der Waals surface area (Å²) in [4.78, 5) is 27.9. The van der Waals surface area contributed by atoms with E-state index in [0.29, 0.717) is 6.54 Å². The Kier molecular flexibility index (Phi) is 4.37. The molecule has 2 aromatic rings. The van der Waals surface area contributed by atoms with E-state index in [4.69, 9.17) is 5.11 Å². The largest absolute Gasteiger partial charge is 0.477 e. The van der Waals surface area contributed by atoms with Crippen LogP contribution in [-0.4, -0.2) is 28.5 Å². The van der Waals surface area contributed by atoms with Crippen molar-refractivity contribution in [3.63, 3.8) is 0 Å². The highest BCUT2D eigenvalue weighted by Gasteiger charge is 2.23. The predicted octanol–water partition coefficient (Wildman–Crippen LogP) is 2.55. The zero-order valence-corrected chi connectivity index (χ0v) is 12.6. The third kappa shape index (κ3) is 3.66. The van der Waals surface area contributed by atoms with Crippen LogP contribution in [0.5, 0.6) is 0 Å². The lowest BCUT2D eigenvalue weighted by Gasteiger charge is -2.23. The van der Waals surface area contributed by atoms with E-state index in [2.05, 4.69) is 10.3 Å². The van der Waals surface area contributed by atoms with E-state index in [0.717, 1.165) is 0 Å². The van der Waals surface area contributed by atoms with E-state index in [9.17, 15) is 9.59 Å². The van der Waals surface area contributed by atoms with Gasteiger partial charge < -0.3 is 10.4 Å². The van der Waals surface area contributed by atoms with E-state index in [1.165, 1.54) is 23.1 Å². The molecule has 0 aromatic carbocycles. The Balaban J connectivity index is 2.05. The van der Waals surface area contributed by atoms with E-state index in [-0.39, 0.29) is 22.7 Å². The van der Waals surface area contributed by atoms with Gasteiger partial charge in [0.15, 0.2) is 0 Å². The second kappa shape index (κ2) is 6.05. The van der Waals surface area contributed by atoms with Gasteiger partial charge in [-0.25, -0.2) is 9.78 Å². The minimum Gasteiger partial charge on any atom is -0.477 e. The van der Waals surface area contributed by atoms with Crippen LogP contribution in [0.2, 0.25) is 0 Å². The first-order chi connectivity index (χ1) is 9.90. The molecule has 0 atom stereocenters. The Hall–Kier alpha value is -2.21. The maximum atomic E-state index is 12.1. The summed E-state index contributed by atoms with van der Waals surface area (Å²) < 4.78 is 0. The maximum Gasteiger partial charge on any atom is 0.354 e. The molecule has 0 spiro atoms. The van der Waals surface area contributed by atoms with Gasteiger partial charge in [-0.15, -0.1) is 11.3 Å². The number of nitrogens with zero attached hydrogens (tertiary/aromatic N) is 1. The first kappa shape index (κ1) is 15.2. The number of aromatic nitrogens is 1. The Bertz CT molecular complexity index is 651. The highest BCUT2D eigenvalue weighted by atomic mass is 32.1. The third-order valence-corrected chi connectivity index (χ3v) is 4.32. The first-order valence-corrected chi connectivity index (χ1v) is 7.31. The lowest BCUT2D eigenvalue weighted by Crippen LogP contribution is -2.36. The summed E-state index contributed by atoms with van der Waals surface area (Å²) in [5, 5.41) is 13.7. The molecule has 0 aliphatic rings. The fourth-order valence-electron chi connectivity index (χ4n) is 1.82. The van der Waals surface area contributed by atoms with Crippen LogP contribution >= 0.6 is 11.3 Å². The Labute approximate surface area is 126 Å². The monoisotopic (exact) mass is 304 g/mol. The number of aromatic carboxylic acids is 1. The van der Waals surface area contributed by atoms with Gasteiger partial charge in [-0.2, -0.15) is 0 Å². The van der Waals surface area contributed by atoms with Gasteiger partial charge in [0.25, 0.3) is 5.91 Å². The SMILES string of the molecule is CC(C)(CNC(=O)c1cccc(C(=O)O)n1)c1cccs1. The van der Waals surface area contributed by atoms with Crippen LogP contribution in [0.3, 0.4) is 0 Å². The summed E-state index contributed by atoms with van der Waals surface area (Å²) in [7, 11) is 0. The second-order valence-electron chi connectivity index (χ2n) is 5.26. The third-order valence-electron chi connectivity index (χ3n) is 3.08. The van der Waals surface area contributed by atoms with E-state index in [1.807, 2.05) is 31.4 Å². The van der Waals surface area contributed by atoms with Crippen LogP contribution < -0.4 is 5.32 Å². The summed E-state index contributed by atoms with van der Waals surface area (Å²) in [6.45, 7) is 4.53. The van der Waals surface area contributed by atoms with Crippen molar-refractivity contribution in [2.45, 2.75) is 19.3 Å². The number of rotatable bonds is 5. The number of carboxylic acid groups (broad SMARTS) is 1. The van der Waals surface area contributed by atoms with Gasteiger partial charge in [0.2, 0.25) is 0 Å². The summed E-state index contributed by atoms with van der Waals surface area (Å²) in [6.07, 6.45) is 0. The molecule has 2 aromatic heterocycles. The number of carboxylic acids is 1. The maximum absolute atomic E-state index is 12.1. The highest BCUT2D eigenvalue weighted by Crippen LogP contribution is 2.26. The van der Waals surface area contributed by atoms with Crippen molar-refractivity contribution in [3.8, 4) is 0 Å². The Morgan fingerprint density at radius 2 is 1.95 bits per heavy atom. The van der Waals surface area contributed by atoms with Gasteiger partial charge in [0.1, 0.15) is 11.4 Å². The molecule has 0 aliphatic carbocycles. The summed E-state index contributed by atoms with van der Waals surface area (Å²) in [5.41, 5.74) is -0.217. The van der Waals surface area contributed by atoms with Gasteiger partial charge in [-0.05, 0) is 23.6 Å². The zero-order chi connectivity index (χ0) is 15.5. The van der Waals surface area contributed by atoms with Crippen LogP contribution in [0.25, 0.3) is 0 Å². The molecule has 0 aliphatic heterocycles. The number of nitrogens with one attached hydrogen (secondary N) is 1. The predicted molar refractivity (Wildman–Crippen MR) is 80.9 cm³/mol. The fourth-order valence-corrected chi connectivity index (χ4v) is 2.67. The molecular weight excluding hydrogens is 288 g/mol. The van der Waals surface area contributed by atoms with Gasteiger partial charge in [-0.3, -0.25) is 4.79 Å². The van der Waals surface area contributed by atoms with Crippen molar-refractivity contribution in [1.82, 2.24) is 10.3 Å². The van der Waals surface area contributed by atoms with Crippen molar-refractivity contribution in [3.05, 3.63) is 52.0 Å². The number of pyridine rings is 1. The van der Waals surface area contributed by atoms with Gasteiger partial charge in [0.05, 0.1) is 0 Å². The molecule has 2 heterocycles. The molecule has 110 valence electrons. The van der Waals surface area contributed by atoms with Crippen molar-refractivity contribution >= 4 is 23.2 Å². The second-order valence-corrected chi connectivity index (χ2v) is 6.20. The number of carbonyl (C=O) groups is 2. The molecule has 0 saturated heterocycles. The molecule has 0 radical (unpaired) electrons. The van der Waals surface area contributed by atoms with Crippen molar-refractivity contribution in [1.29, 1.82) is 0 Å². The number of hydrogen-bond donors (Lipinski definition) is 2. The highest BCUT2D eigenvalue weighted by molar-refractivity contribution is 7.10. The van der Waals surface area contributed by atoms with E-state index in [1.54, 1.807) is 11.3 Å². The quantitative estimate of drug-likeness (QED) is 0.889.